The quantitative estimate of drug-likeness (QED) is 0.480. The summed E-state index contributed by atoms with van der Waals surface area (Å²) >= 11 is 0. The molecule has 0 atom stereocenters. The van der Waals surface area contributed by atoms with Crippen molar-refractivity contribution in [3.63, 3.8) is 0 Å². The van der Waals surface area contributed by atoms with Gasteiger partial charge in [-0.15, -0.1) is 0 Å². The smallest absolute Gasteiger partial charge is 0.239 e. The van der Waals surface area contributed by atoms with Crippen LogP contribution >= 0.6 is 0 Å². The van der Waals surface area contributed by atoms with E-state index in [-0.39, 0.29) is 17.4 Å². The Morgan fingerprint density at radius 3 is 2.27 bits per heavy atom. The molecule has 0 unspecified atom stereocenters. The van der Waals surface area contributed by atoms with Crippen molar-refractivity contribution in [2.45, 2.75) is 37.6 Å². The van der Waals surface area contributed by atoms with E-state index in [2.05, 4.69) is 5.43 Å². The highest BCUT2D eigenvalue weighted by atomic mass is 19.3. The van der Waals surface area contributed by atoms with Crippen molar-refractivity contribution in [3.8, 4) is 0 Å². The molecular formula is C7H12F2N2. The Morgan fingerprint density at radius 2 is 1.91 bits per heavy atom. The van der Waals surface area contributed by atoms with Gasteiger partial charge < -0.3 is 0 Å². The molecular weight excluding hydrogens is 150 g/mol. The van der Waals surface area contributed by atoms with Gasteiger partial charge in [0.2, 0.25) is 6.43 Å². The molecule has 2 nitrogen and oxygen atoms in total. The number of rotatable bonds is 3. The molecule has 0 radical (unpaired) electrons. The summed E-state index contributed by atoms with van der Waals surface area (Å²) < 4.78 is 23.9. The maximum atomic E-state index is 12.0. The average Bonchev–Trinajstić information content (AvgIpc) is 1.74. The van der Waals surface area contributed by atoms with Gasteiger partial charge in [-0.2, -0.15) is 0 Å². The van der Waals surface area contributed by atoms with Crippen LogP contribution in [0.2, 0.25) is 0 Å². The summed E-state index contributed by atoms with van der Waals surface area (Å²) in [5.74, 6) is 5.26. The van der Waals surface area contributed by atoms with E-state index in [1.807, 2.05) is 0 Å². The molecule has 3 fully saturated rings. The van der Waals surface area contributed by atoms with Crippen LogP contribution in [0.1, 0.15) is 25.7 Å². The van der Waals surface area contributed by atoms with E-state index >= 15 is 0 Å². The lowest BCUT2D eigenvalue weighted by Gasteiger charge is -2.70. The molecule has 0 aromatic carbocycles. The zero-order chi connectivity index (χ0) is 8.11. The Kier molecular flexibility index (Phi) is 1.30. The highest BCUT2D eigenvalue weighted by Gasteiger charge is 2.67. The van der Waals surface area contributed by atoms with Gasteiger partial charge in [0.1, 0.15) is 0 Å². The van der Waals surface area contributed by atoms with E-state index in [1.165, 1.54) is 0 Å². The number of hydrogen-bond acceptors (Lipinski definition) is 2. The van der Waals surface area contributed by atoms with Crippen molar-refractivity contribution in [1.82, 2.24) is 5.43 Å². The number of hydrazine groups is 1. The minimum atomic E-state index is -2.15. The van der Waals surface area contributed by atoms with Crippen molar-refractivity contribution in [2.75, 3.05) is 0 Å². The van der Waals surface area contributed by atoms with Crippen molar-refractivity contribution >= 4 is 0 Å². The van der Waals surface area contributed by atoms with E-state index in [0.29, 0.717) is 0 Å². The van der Waals surface area contributed by atoms with E-state index in [0.717, 1.165) is 19.3 Å². The first-order chi connectivity index (χ1) is 5.10. The minimum Gasteiger partial charge on any atom is -0.271 e. The molecule has 3 aliphatic carbocycles. The maximum Gasteiger partial charge on any atom is 0.239 e. The largest absolute Gasteiger partial charge is 0.271 e. The zero-order valence-electron chi connectivity index (χ0n) is 6.24. The summed E-state index contributed by atoms with van der Waals surface area (Å²) in [7, 11) is 0. The van der Waals surface area contributed by atoms with Crippen LogP contribution in [0.4, 0.5) is 8.78 Å². The first kappa shape index (κ1) is 7.43. The van der Waals surface area contributed by atoms with Crippen molar-refractivity contribution in [1.29, 1.82) is 0 Å². The number of alkyl halides is 2. The van der Waals surface area contributed by atoms with Crippen LogP contribution in [-0.4, -0.2) is 12.0 Å². The highest BCUT2D eigenvalue weighted by Crippen LogP contribution is 2.69. The third kappa shape index (κ3) is 0.891. The lowest BCUT2D eigenvalue weighted by Crippen LogP contribution is -2.75. The van der Waals surface area contributed by atoms with E-state index < -0.39 is 6.43 Å². The lowest BCUT2D eigenvalue weighted by atomic mass is 9.38. The standard InChI is InChI=1S/C7H12F2N2/c8-5(9)1-6-2-7(3-6,4-6)11-10/h5,11H,1-4,10H2. The molecule has 3 N–H and O–H groups in total. The van der Waals surface area contributed by atoms with E-state index in [9.17, 15) is 8.78 Å². The molecule has 4 heteroatoms. The van der Waals surface area contributed by atoms with Crippen LogP contribution in [0.5, 0.6) is 0 Å². The summed E-state index contributed by atoms with van der Waals surface area (Å²) in [6, 6.07) is 0. The van der Waals surface area contributed by atoms with Gasteiger partial charge in [-0.1, -0.05) is 0 Å². The molecule has 0 spiro atoms. The first-order valence-electron chi connectivity index (χ1n) is 3.86. The number of halogens is 2. The monoisotopic (exact) mass is 162 g/mol. The molecule has 0 saturated heterocycles. The van der Waals surface area contributed by atoms with Gasteiger partial charge in [0.25, 0.3) is 0 Å². The van der Waals surface area contributed by atoms with Crippen LogP contribution in [0, 0.1) is 5.41 Å². The molecule has 0 amide bonds. The Bertz CT molecular complexity index is 162. The van der Waals surface area contributed by atoms with Gasteiger partial charge in [0.05, 0.1) is 0 Å². The van der Waals surface area contributed by atoms with Gasteiger partial charge in [0.15, 0.2) is 0 Å². The van der Waals surface area contributed by atoms with Crippen LogP contribution < -0.4 is 11.3 Å². The van der Waals surface area contributed by atoms with Crippen LogP contribution in [0.3, 0.4) is 0 Å². The maximum absolute atomic E-state index is 12.0. The summed E-state index contributed by atoms with van der Waals surface area (Å²) in [5, 5.41) is 0. The second-order valence-corrected chi connectivity index (χ2v) is 4.05. The second-order valence-electron chi connectivity index (χ2n) is 4.05. The highest BCUT2D eigenvalue weighted by molar-refractivity contribution is 5.22. The molecule has 0 heterocycles. The Hall–Kier alpha value is -0.220. The van der Waals surface area contributed by atoms with Crippen molar-refractivity contribution < 1.29 is 8.78 Å². The summed E-state index contributed by atoms with van der Waals surface area (Å²) in [5.41, 5.74) is 2.71. The molecule has 3 rings (SSSR count). The van der Waals surface area contributed by atoms with Crippen LogP contribution in [0.15, 0.2) is 0 Å². The Balaban J connectivity index is 1.85. The Labute approximate surface area is 64.1 Å². The fourth-order valence-corrected chi connectivity index (χ4v) is 2.70. The number of hydrogen-bond donors (Lipinski definition) is 2. The fourth-order valence-electron chi connectivity index (χ4n) is 2.70. The topological polar surface area (TPSA) is 38.0 Å². The Morgan fingerprint density at radius 1 is 1.36 bits per heavy atom. The lowest BCUT2D eigenvalue weighted by molar-refractivity contribution is -0.177. The zero-order valence-corrected chi connectivity index (χ0v) is 6.24. The average molecular weight is 162 g/mol. The van der Waals surface area contributed by atoms with Gasteiger partial charge in [0, 0.05) is 12.0 Å². The predicted octanol–water partition coefficient (Wildman–Crippen LogP) is 1.03. The van der Waals surface area contributed by atoms with Gasteiger partial charge in [-0.3, -0.25) is 11.3 Å². The SMILES string of the molecule is NNC12CC(CC(F)F)(C1)C2. The van der Waals surface area contributed by atoms with Crippen LogP contribution in [-0.2, 0) is 0 Å². The molecule has 2 bridgehead atoms. The third-order valence-electron chi connectivity index (χ3n) is 3.03. The third-order valence-corrected chi connectivity index (χ3v) is 3.03. The number of nitrogens with one attached hydrogen (secondary N) is 1. The van der Waals surface area contributed by atoms with Crippen molar-refractivity contribution in [3.05, 3.63) is 0 Å². The van der Waals surface area contributed by atoms with Crippen LogP contribution in [0.25, 0.3) is 0 Å². The predicted molar refractivity (Wildman–Crippen MR) is 37.0 cm³/mol. The molecule has 0 aliphatic heterocycles. The molecule has 0 aromatic heterocycles. The summed E-state index contributed by atoms with van der Waals surface area (Å²) in [4.78, 5) is 0. The summed E-state index contributed by atoms with van der Waals surface area (Å²) in [6.07, 6.45) is 0.463. The molecule has 64 valence electrons. The number of nitrogens with two attached hydrogens (primary N) is 1. The molecule has 0 aromatic rings. The van der Waals surface area contributed by atoms with E-state index in [4.69, 9.17) is 5.84 Å². The molecule has 3 saturated carbocycles. The van der Waals surface area contributed by atoms with Crippen molar-refractivity contribution in [2.24, 2.45) is 11.3 Å². The van der Waals surface area contributed by atoms with E-state index in [1.54, 1.807) is 0 Å². The molecule has 3 aliphatic rings. The minimum absolute atomic E-state index is 0.0411. The van der Waals surface area contributed by atoms with Gasteiger partial charge in [-0.05, 0) is 24.7 Å². The fraction of sp³-hybridized carbons (Fsp3) is 1.00. The molecule has 11 heavy (non-hydrogen) atoms. The van der Waals surface area contributed by atoms with Gasteiger partial charge in [-0.25, -0.2) is 8.78 Å². The first-order valence-corrected chi connectivity index (χ1v) is 3.86. The second kappa shape index (κ2) is 1.93. The summed E-state index contributed by atoms with van der Waals surface area (Å²) in [6.45, 7) is 0. The van der Waals surface area contributed by atoms with Gasteiger partial charge >= 0.3 is 0 Å². The normalized spacial score (nSPS) is 46.9.